The predicted octanol–water partition coefficient (Wildman–Crippen LogP) is 2.32. The zero-order valence-corrected chi connectivity index (χ0v) is 11.1. The lowest BCUT2D eigenvalue weighted by atomic mass is 10.2. The van der Waals surface area contributed by atoms with Crippen molar-refractivity contribution in [3.8, 4) is 0 Å². The molecule has 19 heavy (non-hydrogen) atoms. The molecule has 1 N–H and O–H groups in total. The Morgan fingerprint density at radius 3 is 2.47 bits per heavy atom. The molecule has 5 nitrogen and oxygen atoms in total. The van der Waals surface area contributed by atoms with Crippen LogP contribution < -0.4 is 4.72 Å². The Morgan fingerprint density at radius 1 is 1.16 bits per heavy atom. The quantitative estimate of drug-likeness (QED) is 0.943. The maximum absolute atomic E-state index is 11.9. The fourth-order valence-corrected chi connectivity index (χ4v) is 2.57. The third-order valence-electron chi connectivity index (χ3n) is 2.27. The van der Waals surface area contributed by atoms with Gasteiger partial charge in [-0.3, -0.25) is 14.5 Å². The second-order valence-electron chi connectivity index (χ2n) is 3.61. The summed E-state index contributed by atoms with van der Waals surface area (Å²) in [4.78, 5) is 15.6. The first kappa shape index (κ1) is 13.5. The fourth-order valence-electron chi connectivity index (χ4n) is 1.37. The van der Waals surface area contributed by atoms with E-state index in [9.17, 15) is 13.2 Å². The molecule has 1 aromatic heterocycles. The van der Waals surface area contributed by atoms with Crippen LogP contribution >= 0.6 is 11.6 Å². The first-order valence-electron chi connectivity index (χ1n) is 5.22. The van der Waals surface area contributed by atoms with E-state index in [4.69, 9.17) is 11.6 Å². The van der Waals surface area contributed by atoms with E-state index in [0.717, 1.165) is 0 Å². The van der Waals surface area contributed by atoms with Gasteiger partial charge in [0.25, 0.3) is 5.12 Å². The number of benzene rings is 1. The van der Waals surface area contributed by atoms with Crippen molar-refractivity contribution in [1.29, 1.82) is 0 Å². The number of sulfonamides is 1. The van der Waals surface area contributed by atoms with Crippen LogP contribution in [0.25, 0.3) is 0 Å². The van der Waals surface area contributed by atoms with Gasteiger partial charge in [0.15, 0.2) is 0 Å². The van der Waals surface area contributed by atoms with E-state index < -0.39 is 15.1 Å². The van der Waals surface area contributed by atoms with Crippen molar-refractivity contribution in [2.45, 2.75) is 0 Å². The number of aromatic nitrogens is 1. The number of hydrogen-bond donors (Lipinski definition) is 1. The van der Waals surface area contributed by atoms with E-state index >= 15 is 0 Å². The van der Waals surface area contributed by atoms with Gasteiger partial charge in [0.1, 0.15) is 0 Å². The molecule has 0 aliphatic rings. The highest BCUT2D eigenvalue weighted by Gasteiger charge is 2.24. The summed E-state index contributed by atoms with van der Waals surface area (Å²) in [5.41, 5.74) is 0.142. The Bertz CT molecular complexity index is 702. The number of pyridine rings is 1. The van der Waals surface area contributed by atoms with Crippen LogP contribution in [-0.4, -0.2) is 18.5 Å². The highest BCUT2D eigenvalue weighted by molar-refractivity contribution is 8.07. The molecule has 0 amide bonds. The number of hydrogen-bond acceptors (Lipinski definition) is 4. The topological polar surface area (TPSA) is 76.1 Å². The van der Waals surface area contributed by atoms with Crippen LogP contribution in [0.15, 0.2) is 48.8 Å². The van der Waals surface area contributed by atoms with E-state index in [1.807, 2.05) is 0 Å². The highest BCUT2D eigenvalue weighted by atomic mass is 35.5. The van der Waals surface area contributed by atoms with E-state index in [1.165, 1.54) is 30.6 Å². The SMILES string of the molecule is O=C(c1ccccc1)S(=O)(=O)Nc1cnccc1Cl. The van der Waals surface area contributed by atoms with Crippen LogP contribution in [0.2, 0.25) is 5.02 Å². The van der Waals surface area contributed by atoms with Crippen molar-refractivity contribution in [3.05, 3.63) is 59.4 Å². The van der Waals surface area contributed by atoms with Gasteiger partial charge < -0.3 is 0 Å². The van der Waals surface area contributed by atoms with Crippen molar-refractivity contribution in [2.75, 3.05) is 4.72 Å². The average Bonchev–Trinajstić information content (AvgIpc) is 2.41. The van der Waals surface area contributed by atoms with Gasteiger partial charge in [0, 0.05) is 11.8 Å². The Hall–Kier alpha value is -1.92. The molecule has 7 heteroatoms. The normalized spacial score (nSPS) is 11.0. The zero-order valence-electron chi connectivity index (χ0n) is 9.58. The lowest BCUT2D eigenvalue weighted by molar-refractivity contribution is 0.107. The predicted molar refractivity (Wildman–Crippen MR) is 72.6 cm³/mol. The Balaban J connectivity index is 2.30. The molecule has 0 saturated heterocycles. The van der Waals surface area contributed by atoms with Crippen molar-refractivity contribution in [1.82, 2.24) is 4.98 Å². The molecule has 0 aliphatic carbocycles. The highest BCUT2D eigenvalue weighted by Crippen LogP contribution is 2.21. The van der Waals surface area contributed by atoms with Crippen molar-refractivity contribution < 1.29 is 13.2 Å². The summed E-state index contributed by atoms with van der Waals surface area (Å²) in [5.74, 6) is 0. The second kappa shape index (κ2) is 5.38. The Kier molecular flexibility index (Phi) is 3.82. The monoisotopic (exact) mass is 296 g/mol. The third kappa shape index (κ3) is 3.10. The number of carbonyl (C=O) groups is 1. The smallest absolute Gasteiger partial charge is 0.274 e. The largest absolute Gasteiger partial charge is 0.300 e. The lowest BCUT2D eigenvalue weighted by Gasteiger charge is -2.07. The van der Waals surface area contributed by atoms with Gasteiger partial charge in [-0.25, -0.2) is 0 Å². The molecule has 0 aliphatic heterocycles. The average molecular weight is 297 g/mol. The molecular weight excluding hydrogens is 288 g/mol. The molecule has 98 valence electrons. The number of rotatable bonds is 3. The summed E-state index contributed by atoms with van der Waals surface area (Å²) < 4.78 is 25.9. The van der Waals surface area contributed by atoms with Crippen molar-refractivity contribution in [2.24, 2.45) is 0 Å². The third-order valence-corrected chi connectivity index (χ3v) is 3.81. The van der Waals surface area contributed by atoms with Crippen LogP contribution in [0.3, 0.4) is 0 Å². The summed E-state index contributed by atoms with van der Waals surface area (Å²) in [6, 6.07) is 9.12. The molecular formula is C12H9ClN2O3S. The Morgan fingerprint density at radius 2 is 1.84 bits per heavy atom. The van der Waals surface area contributed by atoms with E-state index in [2.05, 4.69) is 9.71 Å². The molecule has 0 atom stereocenters. The maximum Gasteiger partial charge on any atom is 0.300 e. The molecule has 0 radical (unpaired) electrons. The first-order valence-corrected chi connectivity index (χ1v) is 7.08. The number of carbonyl (C=O) groups excluding carboxylic acids is 1. The van der Waals surface area contributed by atoms with Crippen molar-refractivity contribution >= 4 is 32.4 Å². The molecule has 2 rings (SSSR count). The molecule has 0 unspecified atom stereocenters. The molecule has 2 aromatic rings. The number of halogens is 1. The second-order valence-corrected chi connectivity index (χ2v) is 5.60. The van der Waals surface area contributed by atoms with Gasteiger partial charge in [0.2, 0.25) is 0 Å². The van der Waals surface area contributed by atoms with Crippen LogP contribution in [-0.2, 0) is 10.0 Å². The summed E-state index contributed by atoms with van der Waals surface area (Å²) in [7, 11) is -4.20. The minimum atomic E-state index is -4.20. The van der Waals surface area contributed by atoms with Crippen LogP contribution in [0.4, 0.5) is 5.69 Å². The number of anilines is 1. The summed E-state index contributed by atoms with van der Waals surface area (Å²) in [6.07, 6.45) is 2.65. The molecule has 1 aromatic carbocycles. The summed E-state index contributed by atoms with van der Waals surface area (Å²) in [5, 5.41) is -0.854. The van der Waals surface area contributed by atoms with Crippen LogP contribution in [0.1, 0.15) is 10.4 Å². The van der Waals surface area contributed by atoms with E-state index in [0.29, 0.717) is 0 Å². The molecule has 0 bridgehead atoms. The summed E-state index contributed by atoms with van der Waals surface area (Å²) in [6.45, 7) is 0. The fraction of sp³-hybridized carbons (Fsp3) is 0. The van der Waals surface area contributed by atoms with Gasteiger partial charge >= 0.3 is 10.0 Å². The van der Waals surface area contributed by atoms with Gasteiger partial charge in [-0.1, -0.05) is 41.9 Å². The number of nitrogens with one attached hydrogen (secondary N) is 1. The molecule has 0 spiro atoms. The molecule has 0 saturated carbocycles. The van der Waals surface area contributed by atoms with E-state index in [-0.39, 0.29) is 16.3 Å². The minimum absolute atomic E-state index is 0.0634. The standard InChI is InChI=1S/C12H9ClN2O3S/c13-10-6-7-14-8-11(10)15-19(17,18)12(16)9-4-2-1-3-5-9/h1-8,15H. The minimum Gasteiger partial charge on any atom is -0.274 e. The summed E-state index contributed by atoms with van der Waals surface area (Å²) >= 11 is 5.80. The Labute approximate surface area is 115 Å². The van der Waals surface area contributed by atoms with Crippen LogP contribution in [0, 0.1) is 0 Å². The lowest BCUT2D eigenvalue weighted by Crippen LogP contribution is -2.23. The van der Waals surface area contributed by atoms with E-state index in [1.54, 1.807) is 18.2 Å². The molecule has 0 fully saturated rings. The van der Waals surface area contributed by atoms with Gasteiger partial charge in [-0.05, 0) is 6.07 Å². The number of nitrogens with zero attached hydrogens (tertiary/aromatic N) is 1. The maximum atomic E-state index is 11.9. The molecule has 1 heterocycles. The first-order chi connectivity index (χ1) is 9.00. The van der Waals surface area contributed by atoms with Crippen LogP contribution in [0.5, 0.6) is 0 Å². The zero-order chi connectivity index (χ0) is 13.9. The van der Waals surface area contributed by atoms with Gasteiger partial charge in [-0.15, -0.1) is 0 Å². The van der Waals surface area contributed by atoms with Crippen molar-refractivity contribution in [3.63, 3.8) is 0 Å². The van der Waals surface area contributed by atoms with Gasteiger partial charge in [-0.2, -0.15) is 8.42 Å². The van der Waals surface area contributed by atoms with Gasteiger partial charge in [0.05, 0.1) is 16.9 Å².